The summed E-state index contributed by atoms with van der Waals surface area (Å²) < 4.78 is 20.8. The van der Waals surface area contributed by atoms with E-state index in [1.807, 2.05) is 6.07 Å². The molecule has 1 aromatic carbocycles. The van der Waals surface area contributed by atoms with E-state index in [1.165, 1.54) is 6.07 Å². The number of rotatable bonds is 3. The van der Waals surface area contributed by atoms with Gasteiger partial charge in [-0.1, -0.05) is 6.07 Å². The van der Waals surface area contributed by atoms with Gasteiger partial charge in [0, 0.05) is 18.3 Å². The second-order valence-electron chi connectivity index (χ2n) is 4.52. The maximum absolute atomic E-state index is 13.7. The summed E-state index contributed by atoms with van der Waals surface area (Å²) in [5.74, 6) is 0.520. The van der Waals surface area contributed by atoms with Crippen LogP contribution in [0.15, 0.2) is 34.9 Å². The molecule has 108 valence electrons. The molecule has 2 aromatic heterocycles. The molecule has 0 radical (unpaired) electrons. The van der Waals surface area contributed by atoms with Gasteiger partial charge in [0.25, 0.3) is 0 Å². The summed E-state index contributed by atoms with van der Waals surface area (Å²) in [6, 6.07) is 6.68. The van der Waals surface area contributed by atoms with E-state index in [0.717, 1.165) is 5.56 Å². The second kappa shape index (κ2) is 5.33. The molecule has 3 rings (SSSR count). The zero-order valence-corrected chi connectivity index (χ0v) is 12.8. The van der Waals surface area contributed by atoms with Crippen molar-refractivity contribution in [2.75, 3.05) is 12.8 Å². The first-order chi connectivity index (χ1) is 10.1. The molecule has 0 aliphatic carbocycles. The summed E-state index contributed by atoms with van der Waals surface area (Å²) in [4.78, 5) is 8.38. The number of methoxy groups -OCH3 is 1. The van der Waals surface area contributed by atoms with Gasteiger partial charge in [-0.3, -0.25) is 0 Å². The van der Waals surface area contributed by atoms with Crippen molar-refractivity contribution in [1.82, 2.24) is 14.5 Å². The van der Waals surface area contributed by atoms with Crippen LogP contribution in [0.25, 0.3) is 11.0 Å². The molecule has 0 unspecified atom stereocenters. The zero-order valence-electron chi connectivity index (χ0n) is 11.2. The molecular formula is C14H12BrFN4O. The highest BCUT2D eigenvalue weighted by atomic mass is 79.9. The number of pyridine rings is 1. The number of fused-ring (bicyclic) bond motifs is 1. The second-order valence-corrected chi connectivity index (χ2v) is 5.37. The Kier molecular flexibility index (Phi) is 3.50. The predicted octanol–water partition coefficient (Wildman–Crippen LogP) is 2.97. The fourth-order valence-electron chi connectivity index (χ4n) is 2.11. The van der Waals surface area contributed by atoms with Gasteiger partial charge < -0.3 is 15.0 Å². The van der Waals surface area contributed by atoms with Crippen LogP contribution in [-0.2, 0) is 6.54 Å². The Morgan fingerprint density at radius 1 is 1.38 bits per heavy atom. The van der Waals surface area contributed by atoms with E-state index in [0.29, 0.717) is 33.9 Å². The normalized spacial score (nSPS) is 11.0. The van der Waals surface area contributed by atoms with Crippen LogP contribution in [0, 0.1) is 5.82 Å². The quantitative estimate of drug-likeness (QED) is 0.788. The summed E-state index contributed by atoms with van der Waals surface area (Å²) in [5, 5.41) is 0. The molecule has 0 bridgehead atoms. The highest BCUT2D eigenvalue weighted by Gasteiger charge is 2.12. The number of halogens is 2. The van der Waals surface area contributed by atoms with Crippen LogP contribution in [0.2, 0.25) is 0 Å². The highest BCUT2D eigenvalue weighted by Crippen LogP contribution is 2.25. The average Bonchev–Trinajstić information content (AvgIpc) is 2.76. The number of hydrogen-bond acceptors (Lipinski definition) is 4. The summed E-state index contributed by atoms with van der Waals surface area (Å²) in [7, 11) is 1.56. The SMILES string of the molecule is COc1ccc(Cn2c(N)nc3cc(Br)c(F)cc32)cn1. The fourth-order valence-corrected chi connectivity index (χ4v) is 2.44. The molecule has 0 aliphatic heterocycles. The topological polar surface area (TPSA) is 66.0 Å². The van der Waals surface area contributed by atoms with Crippen molar-refractivity contribution >= 4 is 32.9 Å². The molecule has 21 heavy (non-hydrogen) atoms. The monoisotopic (exact) mass is 350 g/mol. The third-order valence-electron chi connectivity index (χ3n) is 3.17. The molecule has 0 spiro atoms. The van der Waals surface area contributed by atoms with Crippen molar-refractivity contribution in [3.8, 4) is 5.88 Å². The van der Waals surface area contributed by atoms with E-state index >= 15 is 0 Å². The van der Waals surface area contributed by atoms with Crippen molar-refractivity contribution in [2.24, 2.45) is 0 Å². The largest absolute Gasteiger partial charge is 0.481 e. The van der Waals surface area contributed by atoms with Gasteiger partial charge in [0.05, 0.1) is 29.2 Å². The van der Waals surface area contributed by atoms with Gasteiger partial charge in [-0.25, -0.2) is 14.4 Å². The smallest absolute Gasteiger partial charge is 0.212 e. The number of nitrogens with zero attached hydrogens (tertiary/aromatic N) is 3. The van der Waals surface area contributed by atoms with Crippen molar-refractivity contribution in [3.63, 3.8) is 0 Å². The number of ether oxygens (including phenoxy) is 1. The van der Waals surface area contributed by atoms with Crippen molar-refractivity contribution < 1.29 is 9.13 Å². The average molecular weight is 351 g/mol. The molecule has 0 saturated carbocycles. The number of benzene rings is 1. The molecule has 0 saturated heterocycles. The lowest BCUT2D eigenvalue weighted by Gasteiger charge is -2.07. The zero-order chi connectivity index (χ0) is 15.0. The minimum Gasteiger partial charge on any atom is -0.481 e. The van der Waals surface area contributed by atoms with Gasteiger partial charge in [0.2, 0.25) is 11.8 Å². The highest BCUT2D eigenvalue weighted by molar-refractivity contribution is 9.10. The molecule has 0 amide bonds. The molecule has 2 heterocycles. The van der Waals surface area contributed by atoms with E-state index in [1.54, 1.807) is 30.0 Å². The number of nitrogen functional groups attached to an aromatic ring is 1. The molecule has 5 nitrogen and oxygen atoms in total. The Morgan fingerprint density at radius 2 is 2.19 bits per heavy atom. The van der Waals surface area contributed by atoms with Gasteiger partial charge in [0.15, 0.2) is 0 Å². The van der Waals surface area contributed by atoms with Gasteiger partial charge >= 0.3 is 0 Å². The van der Waals surface area contributed by atoms with Crippen molar-refractivity contribution in [1.29, 1.82) is 0 Å². The van der Waals surface area contributed by atoms with Crippen LogP contribution >= 0.6 is 15.9 Å². The Hall–Kier alpha value is -2.15. The van der Waals surface area contributed by atoms with Crippen LogP contribution in [0.3, 0.4) is 0 Å². The lowest BCUT2D eigenvalue weighted by atomic mass is 10.2. The number of aromatic nitrogens is 3. The summed E-state index contributed by atoms with van der Waals surface area (Å²) in [5.41, 5.74) is 8.13. The third-order valence-corrected chi connectivity index (χ3v) is 3.77. The van der Waals surface area contributed by atoms with E-state index in [-0.39, 0.29) is 5.82 Å². The van der Waals surface area contributed by atoms with Gasteiger partial charge in [-0.05, 0) is 27.6 Å². The first-order valence-electron chi connectivity index (χ1n) is 6.18. The molecule has 2 N–H and O–H groups in total. The van der Waals surface area contributed by atoms with Gasteiger partial charge in [-0.2, -0.15) is 0 Å². The van der Waals surface area contributed by atoms with E-state index in [2.05, 4.69) is 25.9 Å². The number of imidazole rings is 1. The fraction of sp³-hybridized carbons (Fsp3) is 0.143. The maximum Gasteiger partial charge on any atom is 0.212 e. The van der Waals surface area contributed by atoms with Crippen molar-refractivity contribution in [3.05, 3.63) is 46.3 Å². The molecule has 3 aromatic rings. The minimum atomic E-state index is -0.350. The van der Waals surface area contributed by atoms with Crippen LogP contribution in [-0.4, -0.2) is 21.6 Å². The molecular weight excluding hydrogens is 339 g/mol. The molecule has 0 aliphatic rings. The Balaban J connectivity index is 2.03. The summed E-state index contributed by atoms with van der Waals surface area (Å²) in [6.45, 7) is 0.459. The lowest BCUT2D eigenvalue weighted by Crippen LogP contribution is -2.05. The van der Waals surface area contributed by atoms with Crippen LogP contribution < -0.4 is 10.5 Å². The molecule has 0 atom stereocenters. The Labute approximate surface area is 128 Å². The summed E-state index contributed by atoms with van der Waals surface area (Å²) in [6.07, 6.45) is 1.69. The Morgan fingerprint density at radius 3 is 2.86 bits per heavy atom. The molecule has 7 heteroatoms. The maximum atomic E-state index is 13.7. The number of anilines is 1. The van der Waals surface area contributed by atoms with Crippen LogP contribution in [0.1, 0.15) is 5.56 Å². The minimum absolute atomic E-state index is 0.332. The number of nitrogens with two attached hydrogens (primary N) is 1. The van der Waals surface area contributed by atoms with Gasteiger partial charge in [-0.15, -0.1) is 0 Å². The van der Waals surface area contributed by atoms with Crippen molar-refractivity contribution in [2.45, 2.75) is 6.54 Å². The first-order valence-corrected chi connectivity index (χ1v) is 6.97. The lowest BCUT2D eigenvalue weighted by molar-refractivity contribution is 0.397. The third kappa shape index (κ3) is 2.56. The predicted molar refractivity (Wildman–Crippen MR) is 81.7 cm³/mol. The first kappa shape index (κ1) is 13.8. The number of hydrogen-bond donors (Lipinski definition) is 1. The van der Waals surface area contributed by atoms with E-state index in [4.69, 9.17) is 10.5 Å². The van der Waals surface area contributed by atoms with E-state index in [9.17, 15) is 4.39 Å². The summed E-state index contributed by atoms with van der Waals surface area (Å²) >= 11 is 3.14. The van der Waals surface area contributed by atoms with E-state index < -0.39 is 0 Å². The molecule has 0 fully saturated rings. The van der Waals surface area contributed by atoms with Crippen LogP contribution in [0.4, 0.5) is 10.3 Å². The van der Waals surface area contributed by atoms with Crippen LogP contribution in [0.5, 0.6) is 5.88 Å². The Bertz CT molecular complexity index is 801. The van der Waals surface area contributed by atoms with Gasteiger partial charge in [0.1, 0.15) is 5.82 Å². The standard InChI is InChI=1S/C14H12BrFN4O/c1-21-13-3-2-8(6-18-13)7-20-12-5-10(16)9(15)4-11(12)19-14(20)17/h2-6H,7H2,1H3,(H2,17,19).